The number of rotatable bonds is 6. The highest BCUT2D eigenvalue weighted by Gasteiger charge is 2.38. The monoisotopic (exact) mass is 292 g/mol. The fourth-order valence-corrected chi connectivity index (χ4v) is 1.42. The van der Waals surface area contributed by atoms with Gasteiger partial charge in [0.25, 0.3) is 0 Å². The third-order valence-corrected chi connectivity index (χ3v) is 2.28. The zero-order valence-corrected chi connectivity index (χ0v) is 11.2. The van der Waals surface area contributed by atoms with Crippen LogP contribution in [0.5, 0.6) is 0 Å². The van der Waals surface area contributed by atoms with Crippen molar-refractivity contribution in [3.63, 3.8) is 0 Å². The summed E-state index contributed by atoms with van der Waals surface area (Å²) in [7, 11) is 0. The second kappa shape index (κ2) is 7.18. The van der Waals surface area contributed by atoms with Gasteiger partial charge in [-0.15, -0.1) is 0 Å². The Morgan fingerprint density at radius 2 is 2.00 bits per heavy atom. The molecule has 20 heavy (non-hydrogen) atoms. The number of ether oxygens (including phenoxy) is 2. The Labute approximate surface area is 114 Å². The summed E-state index contributed by atoms with van der Waals surface area (Å²) in [6, 6.07) is 0. The molecule has 0 spiro atoms. The van der Waals surface area contributed by atoms with Crippen molar-refractivity contribution in [1.29, 1.82) is 0 Å². The number of alkyl halides is 3. The van der Waals surface area contributed by atoms with E-state index in [4.69, 9.17) is 4.74 Å². The Morgan fingerprint density at radius 1 is 1.30 bits per heavy atom. The fourth-order valence-electron chi connectivity index (χ4n) is 1.42. The summed E-state index contributed by atoms with van der Waals surface area (Å²) in [6.45, 7) is 3.91. The molecular weight excluding hydrogens is 277 g/mol. The molecule has 1 aromatic heterocycles. The number of hydrogen-bond acceptors (Lipinski definition) is 5. The van der Waals surface area contributed by atoms with E-state index < -0.39 is 23.4 Å². The van der Waals surface area contributed by atoms with E-state index in [9.17, 15) is 18.0 Å². The molecule has 0 fully saturated rings. The third kappa shape index (κ3) is 4.44. The molecule has 0 aromatic carbocycles. The van der Waals surface area contributed by atoms with Crippen LogP contribution in [0.15, 0.2) is 6.20 Å². The number of carbonyl (C=O) groups is 1. The molecular formula is C12H15F3N2O3. The number of halogens is 3. The summed E-state index contributed by atoms with van der Waals surface area (Å²) in [6.07, 6.45) is -3.76. The van der Waals surface area contributed by atoms with Crippen molar-refractivity contribution >= 4 is 5.97 Å². The van der Waals surface area contributed by atoms with Crippen molar-refractivity contribution in [2.75, 3.05) is 19.8 Å². The lowest BCUT2D eigenvalue weighted by molar-refractivity contribution is -0.142. The van der Waals surface area contributed by atoms with Gasteiger partial charge < -0.3 is 9.47 Å². The van der Waals surface area contributed by atoms with Crippen molar-refractivity contribution in [3.05, 3.63) is 23.3 Å². The number of aromatic nitrogens is 2. The first-order valence-electron chi connectivity index (χ1n) is 6.08. The standard InChI is InChI=1S/C12H15F3N2O3/c1-3-19-6-5-9-16-7-8(11(18)20-4-2)10(17-9)12(13,14)15/h7H,3-6H2,1-2H3. The van der Waals surface area contributed by atoms with Gasteiger partial charge in [0, 0.05) is 19.2 Å². The van der Waals surface area contributed by atoms with Crippen LogP contribution in [0.4, 0.5) is 13.2 Å². The molecule has 0 radical (unpaired) electrons. The molecule has 0 aliphatic carbocycles. The van der Waals surface area contributed by atoms with Crippen LogP contribution in [0.3, 0.4) is 0 Å². The normalized spacial score (nSPS) is 11.4. The van der Waals surface area contributed by atoms with Crippen LogP contribution in [0.1, 0.15) is 35.7 Å². The van der Waals surface area contributed by atoms with E-state index in [0.717, 1.165) is 6.20 Å². The largest absolute Gasteiger partial charge is 0.462 e. The van der Waals surface area contributed by atoms with Crippen molar-refractivity contribution in [1.82, 2.24) is 9.97 Å². The van der Waals surface area contributed by atoms with Crippen molar-refractivity contribution < 1.29 is 27.4 Å². The number of hydrogen-bond donors (Lipinski definition) is 0. The van der Waals surface area contributed by atoms with Crippen LogP contribution in [0, 0.1) is 0 Å². The molecule has 0 aliphatic heterocycles. The van der Waals surface area contributed by atoms with Gasteiger partial charge in [0.1, 0.15) is 11.4 Å². The van der Waals surface area contributed by atoms with E-state index in [1.165, 1.54) is 6.92 Å². The maximum absolute atomic E-state index is 12.9. The highest BCUT2D eigenvalue weighted by atomic mass is 19.4. The van der Waals surface area contributed by atoms with E-state index in [0.29, 0.717) is 6.61 Å². The van der Waals surface area contributed by atoms with Gasteiger partial charge in [0.05, 0.1) is 13.2 Å². The fraction of sp³-hybridized carbons (Fsp3) is 0.583. The average Bonchev–Trinajstić information content (AvgIpc) is 2.38. The molecule has 0 bridgehead atoms. The van der Waals surface area contributed by atoms with Gasteiger partial charge >= 0.3 is 12.1 Å². The van der Waals surface area contributed by atoms with Gasteiger partial charge in [-0.25, -0.2) is 14.8 Å². The van der Waals surface area contributed by atoms with Crippen molar-refractivity contribution in [2.45, 2.75) is 26.4 Å². The van der Waals surface area contributed by atoms with Gasteiger partial charge in [-0.1, -0.05) is 0 Å². The van der Waals surface area contributed by atoms with E-state index in [1.807, 2.05) is 0 Å². The predicted octanol–water partition coefficient (Wildman–Crippen LogP) is 2.25. The maximum atomic E-state index is 12.9. The topological polar surface area (TPSA) is 61.3 Å². The Hall–Kier alpha value is -1.70. The minimum absolute atomic E-state index is 0.0256. The van der Waals surface area contributed by atoms with Crippen LogP contribution in [-0.2, 0) is 22.1 Å². The summed E-state index contributed by atoms with van der Waals surface area (Å²) in [5, 5.41) is 0. The third-order valence-electron chi connectivity index (χ3n) is 2.28. The molecule has 0 saturated carbocycles. The smallest absolute Gasteiger partial charge is 0.434 e. The van der Waals surface area contributed by atoms with Gasteiger partial charge in [0.15, 0.2) is 5.69 Å². The average molecular weight is 292 g/mol. The lowest BCUT2D eigenvalue weighted by Crippen LogP contribution is -2.19. The molecule has 0 saturated heterocycles. The quantitative estimate of drug-likeness (QED) is 0.594. The Balaban J connectivity index is 3.04. The molecule has 1 aromatic rings. The lowest BCUT2D eigenvalue weighted by Gasteiger charge is -2.12. The summed E-state index contributed by atoms with van der Waals surface area (Å²) in [5.41, 5.74) is -1.96. The van der Waals surface area contributed by atoms with Gasteiger partial charge in [-0.05, 0) is 13.8 Å². The minimum atomic E-state index is -4.74. The molecule has 0 aliphatic rings. The van der Waals surface area contributed by atoms with E-state index in [1.54, 1.807) is 6.92 Å². The first kappa shape index (κ1) is 16.4. The highest BCUT2D eigenvalue weighted by molar-refractivity contribution is 5.90. The zero-order valence-electron chi connectivity index (χ0n) is 11.2. The van der Waals surface area contributed by atoms with E-state index in [2.05, 4.69) is 14.7 Å². The lowest BCUT2D eigenvalue weighted by atomic mass is 10.2. The summed E-state index contributed by atoms with van der Waals surface area (Å²) in [5.74, 6) is -1.12. The predicted molar refractivity (Wildman–Crippen MR) is 63.2 cm³/mol. The maximum Gasteiger partial charge on any atom is 0.434 e. The Morgan fingerprint density at radius 3 is 2.55 bits per heavy atom. The molecule has 5 nitrogen and oxygen atoms in total. The molecule has 112 valence electrons. The Bertz CT molecular complexity index is 464. The molecule has 0 atom stereocenters. The number of carbonyl (C=O) groups excluding carboxylic acids is 1. The second-order valence-corrected chi connectivity index (χ2v) is 3.71. The summed E-state index contributed by atoms with van der Waals surface area (Å²) in [4.78, 5) is 18.6. The van der Waals surface area contributed by atoms with Gasteiger partial charge in [-0.2, -0.15) is 13.2 Å². The SMILES string of the molecule is CCOCCc1ncc(C(=O)OCC)c(C(F)(F)F)n1. The second-order valence-electron chi connectivity index (χ2n) is 3.71. The minimum Gasteiger partial charge on any atom is -0.462 e. The van der Waals surface area contributed by atoms with E-state index >= 15 is 0 Å². The van der Waals surface area contributed by atoms with Gasteiger partial charge in [-0.3, -0.25) is 0 Å². The van der Waals surface area contributed by atoms with Crippen molar-refractivity contribution in [3.8, 4) is 0 Å². The number of nitrogens with zero attached hydrogens (tertiary/aromatic N) is 2. The molecule has 8 heteroatoms. The molecule has 1 rings (SSSR count). The van der Waals surface area contributed by atoms with E-state index in [-0.39, 0.29) is 25.5 Å². The van der Waals surface area contributed by atoms with Crippen LogP contribution >= 0.6 is 0 Å². The van der Waals surface area contributed by atoms with Gasteiger partial charge in [0.2, 0.25) is 0 Å². The molecule has 0 unspecified atom stereocenters. The Kier molecular flexibility index (Phi) is 5.87. The van der Waals surface area contributed by atoms with Crippen LogP contribution in [-0.4, -0.2) is 35.8 Å². The zero-order chi connectivity index (χ0) is 15.2. The van der Waals surface area contributed by atoms with Crippen molar-refractivity contribution in [2.24, 2.45) is 0 Å². The molecule has 0 amide bonds. The summed E-state index contributed by atoms with van der Waals surface area (Å²) >= 11 is 0. The first-order chi connectivity index (χ1) is 9.40. The van der Waals surface area contributed by atoms with Crippen LogP contribution in [0.25, 0.3) is 0 Å². The molecule has 1 heterocycles. The van der Waals surface area contributed by atoms with Crippen LogP contribution in [0.2, 0.25) is 0 Å². The first-order valence-corrected chi connectivity index (χ1v) is 6.08. The molecule has 0 N–H and O–H groups in total. The highest BCUT2D eigenvalue weighted by Crippen LogP contribution is 2.30. The van der Waals surface area contributed by atoms with Crippen LogP contribution < -0.4 is 0 Å². The summed E-state index contributed by atoms with van der Waals surface area (Å²) < 4.78 is 48.2. The number of esters is 1.